The highest BCUT2D eigenvalue weighted by molar-refractivity contribution is 6.36. The number of nitrogens with zero attached hydrogens (tertiary/aromatic N) is 1. The number of Topliss-reactive ketones (excluding diaryl/α,β-unsaturated/α-hetero) is 1. The van der Waals surface area contributed by atoms with E-state index >= 15 is 0 Å². The van der Waals surface area contributed by atoms with Crippen LogP contribution in [0.2, 0.25) is 5.02 Å². The van der Waals surface area contributed by atoms with Crippen molar-refractivity contribution in [1.82, 2.24) is 4.57 Å². The third-order valence-corrected chi connectivity index (χ3v) is 4.95. The normalized spacial score (nSPS) is 16.9. The summed E-state index contributed by atoms with van der Waals surface area (Å²) in [5.74, 6) is -1.79. The molecule has 1 fully saturated rings. The van der Waals surface area contributed by atoms with E-state index in [2.05, 4.69) is 0 Å². The van der Waals surface area contributed by atoms with Gasteiger partial charge in [-0.2, -0.15) is 13.2 Å². The fourth-order valence-electron chi connectivity index (χ4n) is 3.67. The summed E-state index contributed by atoms with van der Waals surface area (Å²) in [6.45, 7) is 1.59. The van der Waals surface area contributed by atoms with E-state index in [1.165, 1.54) is 0 Å². The van der Waals surface area contributed by atoms with E-state index in [1.54, 1.807) is 25.1 Å². The Labute approximate surface area is 137 Å². The number of aromatic nitrogens is 1. The van der Waals surface area contributed by atoms with Gasteiger partial charge in [0.25, 0.3) is 5.78 Å². The van der Waals surface area contributed by atoms with Crippen LogP contribution in [0.5, 0.6) is 0 Å². The maximum absolute atomic E-state index is 13.0. The van der Waals surface area contributed by atoms with Gasteiger partial charge in [-0.3, -0.25) is 4.79 Å². The number of benzene rings is 1. The number of halogens is 4. The Morgan fingerprint density at radius 3 is 2.48 bits per heavy atom. The molecule has 1 aliphatic rings. The topological polar surface area (TPSA) is 22.0 Å². The van der Waals surface area contributed by atoms with Crippen molar-refractivity contribution >= 4 is 28.3 Å². The first-order valence-corrected chi connectivity index (χ1v) is 8.10. The fourth-order valence-corrected chi connectivity index (χ4v) is 3.93. The van der Waals surface area contributed by atoms with Gasteiger partial charge in [0.15, 0.2) is 0 Å². The predicted octanol–water partition coefficient (Wildman–Crippen LogP) is 5.85. The molecule has 0 saturated heterocycles. The molecule has 6 heteroatoms. The third-order valence-electron chi connectivity index (χ3n) is 4.64. The lowest BCUT2D eigenvalue weighted by Gasteiger charge is -2.26. The SMILES string of the molecule is Cc1c(C(=O)C(F)(F)F)c2cccc(Cl)c2n1C1CCCCC1. The maximum atomic E-state index is 13.0. The van der Waals surface area contributed by atoms with Gasteiger partial charge in [-0.05, 0) is 25.8 Å². The van der Waals surface area contributed by atoms with Gasteiger partial charge in [0, 0.05) is 17.1 Å². The molecule has 1 aromatic heterocycles. The monoisotopic (exact) mass is 343 g/mol. The van der Waals surface area contributed by atoms with Crippen molar-refractivity contribution in [1.29, 1.82) is 0 Å². The molecule has 0 amide bonds. The van der Waals surface area contributed by atoms with E-state index in [4.69, 9.17) is 11.6 Å². The highest BCUT2D eigenvalue weighted by atomic mass is 35.5. The molecule has 0 atom stereocenters. The largest absolute Gasteiger partial charge is 0.454 e. The van der Waals surface area contributed by atoms with Crippen molar-refractivity contribution < 1.29 is 18.0 Å². The second-order valence-electron chi connectivity index (χ2n) is 6.09. The van der Waals surface area contributed by atoms with Gasteiger partial charge in [-0.1, -0.05) is 43.0 Å². The summed E-state index contributed by atoms with van der Waals surface area (Å²) >= 11 is 6.27. The summed E-state index contributed by atoms with van der Waals surface area (Å²) in [5.41, 5.74) is 0.647. The molecule has 0 spiro atoms. The van der Waals surface area contributed by atoms with Crippen molar-refractivity contribution in [3.63, 3.8) is 0 Å². The highest BCUT2D eigenvalue weighted by Crippen LogP contribution is 2.40. The van der Waals surface area contributed by atoms with Gasteiger partial charge in [0.1, 0.15) is 0 Å². The minimum absolute atomic E-state index is 0.0981. The molecule has 0 radical (unpaired) electrons. The van der Waals surface area contributed by atoms with Crippen LogP contribution in [-0.4, -0.2) is 16.5 Å². The standard InChI is InChI=1S/C17H17ClF3NO/c1-10-14(16(23)17(19,20)21)12-8-5-9-13(18)15(12)22(10)11-6-3-2-4-7-11/h5,8-9,11H,2-4,6-7H2,1H3. The Morgan fingerprint density at radius 2 is 1.87 bits per heavy atom. The molecule has 0 unspecified atom stereocenters. The summed E-state index contributed by atoms with van der Waals surface area (Å²) in [6, 6.07) is 4.89. The second kappa shape index (κ2) is 5.86. The Balaban J connectivity index is 2.28. The molecular formula is C17H17ClF3NO. The summed E-state index contributed by atoms with van der Waals surface area (Å²) in [5, 5.41) is 0.681. The molecule has 23 heavy (non-hydrogen) atoms. The van der Waals surface area contributed by atoms with Crippen molar-refractivity contribution in [3.05, 3.63) is 34.5 Å². The molecule has 3 rings (SSSR count). The number of hydrogen-bond acceptors (Lipinski definition) is 1. The molecule has 1 saturated carbocycles. The summed E-state index contributed by atoms with van der Waals surface area (Å²) < 4.78 is 40.9. The summed E-state index contributed by atoms with van der Waals surface area (Å²) in [6.07, 6.45) is 0.119. The second-order valence-corrected chi connectivity index (χ2v) is 6.49. The summed E-state index contributed by atoms with van der Waals surface area (Å²) in [7, 11) is 0. The predicted molar refractivity (Wildman–Crippen MR) is 84.2 cm³/mol. The number of alkyl halides is 3. The number of carbonyl (C=O) groups excluding carboxylic acids is 1. The average Bonchev–Trinajstić information content (AvgIpc) is 2.80. The van der Waals surface area contributed by atoms with Gasteiger partial charge in [-0.15, -0.1) is 0 Å². The van der Waals surface area contributed by atoms with Gasteiger partial charge in [-0.25, -0.2) is 0 Å². The van der Waals surface area contributed by atoms with Crippen LogP contribution >= 0.6 is 11.6 Å². The van der Waals surface area contributed by atoms with Gasteiger partial charge in [0.2, 0.25) is 0 Å². The molecule has 0 bridgehead atoms. The van der Waals surface area contributed by atoms with Crippen LogP contribution in [0.4, 0.5) is 13.2 Å². The number of carbonyl (C=O) groups is 1. The van der Waals surface area contributed by atoms with Gasteiger partial charge < -0.3 is 4.57 Å². The number of hydrogen-bond donors (Lipinski definition) is 0. The highest BCUT2D eigenvalue weighted by Gasteiger charge is 2.42. The molecule has 2 aromatic rings. The smallest absolute Gasteiger partial charge is 0.340 e. The van der Waals surface area contributed by atoms with Gasteiger partial charge >= 0.3 is 6.18 Å². The maximum Gasteiger partial charge on any atom is 0.454 e. The first-order chi connectivity index (χ1) is 10.8. The van der Waals surface area contributed by atoms with Crippen molar-refractivity contribution in [2.24, 2.45) is 0 Å². The molecule has 1 aromatic carbocycles. The first-order valence-electron chi connectivity index (χ1n) is 7.73. The number of ketones is 1. The molecule has 1 aliphatic carbocycles. The number of rotatable bonds is 2. The van der Waals surface area contributed by atoms with Crippen LogP contribution in [0, 0.1) is 6.92 Å². The lowest BCUT2D eigenvalue weighted by atomic mass is 9.95. The zero-order chi connectivity index (χ0) is 16.8. The fraction of sp³-hybridized carbons (Fsp3) is 0.471. The molecule has 0 N–H and O–H groups in total. The Hall–Kier alpha value is -1.49. The third kappa shape index (κ3) is 2.75. The average molecular weight is 344 g/mol. The van der Waals surface area contributed by atoms with Crippen molar-refractivity contribution in [2.75, 3.05) is 0 Å². The molecular weight excluding hydrogens is 327 g/mol. The molecule has 124 valence electrons. The molecule has 2 nitrogen and oxygen atoms in total. The lowest BCUT2D eigenvalue weighted by molar-refractivity contribution is -0.0884. The number of para-hydroxylation sites is 1. The van der Waals surface area contributed by atoms with Crippen LogP contribution in [-0.2, 0) is 0 Å². The van der Waals surface area contributed by atoms with E-state index < -0.39 is 12.0 Å². The lowest BCUT2D eigenvalue weighted by Crippen LogP contribution is -2.24. The molecule has 0 aliphatic heterocycles. The summed E-state index contributed by atoms with van der Waals surface area (Å²) in [4.78, 5) is 11.9. The first kappa shape index (κ1) is 16.4. The van der Waals surface area contributed by atoms with E-state index in [0.29, 0.717) is 21.6 Å². The van der Waals surface area contributed by atoms with Crippen molar-refractivity contribution in [2.45, 2.75) is 51.2 Å². The minimum Gasteiger partial charge on any atom is -0.340 e. The van der Waals surface area contributed by atoms with Crippen molar-refractivity contribution in [3.8, 4) is 0 Å². The Bertz CT molecular complexity index is 757. The zero-order valence-corrected chi connectivity index (χ0v) is 13.5. The van der Waals surface area contributed by atoms with Crippen LogP contribution in [0.15, 0.2) is 18.2 Å². The van der Waals surface area contributed by atoms with Crippen LogP contribution < -0.4 is 0 Å². The number of fused-ring (bicyclic) bond motifs is 1. The Morgan fingerprint density at radius 1 is 1.22 bits per heavy atom. The van der Waals surface area contributed by atoms with E-state index in [9.17, 15) is 18.0 Å². The van der Waals surface area contributed by atoms with Crippen LogP contribution in [0.1, 0.15) is 54.2 Å². The zero-order valence-electron chi connectivity index (χ0n) is 12.7. The molecule has 1 heterocycles. The Kier molecular flexibility index (Phi) is 4.17. The van der Waals surface area contributed by atoms with E-state index in [-0.39, 0.29) is 11.6 Å². The quantitative estimate of drug-likeness (QED) is 0.626. The van der Waals surface area contributed by atoms with Crippen LogP contribution in [0.25, 0.3) is 10.9 Å². The van der Waals surface area contributed by atoms with E-state index in [0.717, 1.165) is 32.1 Å². The van der Waals surface area contributed by atoms with Gasteiger partial charge in [0.05, 0.1) is 16.1 Å². The van der Waals surface area contributed by atoms with E-state index in [1.807, 2.05) is 4.57 Å². The minimum atomic E-state index is -4.89. The van der Waals surface area contributed by atoms with Crippen LogP contribution in [0.3, 0.4) is 0 Å².